The van der Waals surface area contributed by atoms with Crippen LogP contribution in [0.4, 0.5) is 0 Å². The van der Waals surface area contributed by atoms with Gasteiger partial charge in [0.15, 0.2) is 0 Å². The van der Waals surface area contributed by atoms with Crippen LogP contribution in [0, 0.1) is 0 Å². The fourth-order valence-corrected chi connectivity index (χ4v) is 2.83. The van der Waals surface area contributed by atoms with E-state index in [1.807, 2.05) is 78.9 Å². The number of esters is 1. The third-order valence-corrected chi connectivity index (χ3v) is 4.28. The molecule has 4 heteroatoms. The van der Waals surface area contributed by atoms with Crippen LogP contribution in [0.5, 0.6) is 0 Å². The van der Waals surface area contributed by atoms with E-state index in [1.54, 1.807) is 6.07 Å². The third kappa shape index (κ3) is 4.82. The number of ether oxygens (including phenoxy) is 1. The van der Waals surface area contributed by atoms with Crippen LogP contribution in [0.25, 0.3) is 16.8 Å². The Morgan fingerprint density at radius 1 is 0.963 bits per heavy atom. The average molecular weight is 359 g/mol. The van der Waals surface area contributed by atoms with Crippen molar-refractivity contribution < 1.29 is 14.3 Å². The highest BCUT2D eigenvalue weighted by atomic mass is 16.5. The van der Waals surface area contributed by atoms with Crippen molar-refractivity contribution in [1.29, 1.82) is 0 Å². The lowest BCUT2D eigenvalue weighted by Crippen LogP contribution is -2.41. The molecule has 0 saturated heterocycles. The largest absolute Gasteiger partial charge is 0.467 e. The number of nitrogens with one attached hydrogen (secondary N) is 1. The molecule has 4 nitrogen and oxygen atoms in total. The predicted octanol–water partition coefficient (Wildman–Crippen LogP) is 4.21. The summed E-state index contributed by atoms with van der Waals surface area (Å²) in [6, 6.07) is 22.3. The first kappa shape index (κ1) is 18.4. The zero-order valence-electron chi connectivity index (χ0n) is 15.1. The molecule has 0 aliphatic carbocycles. The Morgan fingerprint density at radius 2 is 1.67 bits per heavy atom. The summed E-state index contributed by atoms with van der Waals surface area (Å²) in [5, 5.41) is 4.81. The molecule has 1 N–H and O–H groups in total. The molecule has 0 unspecified atom stereocenters. The summed E-state index contributed by atoms with van der Waals surface area (Å²) in [5.41, 5.74) is 1.54. The van der Waals surface area contributed by atoms with Crippen LogP contribution in [-0.4, -0.2) is 25.0 Å². The molecule has 27 heavy (non-hydrogen) atoms. The average Bonchev–Trinajstić information content (AvgIpc) is 2.72. The molecule has 0 heterocycles. The number of methoxy groups -OCH3 is 1. The van der Waals surface area contributed by atoms with E-state index in [4.69, 9.17) is 4.74 Å². The number of carbonyl (C=O) groups excluding carboxylic acids is 2. The number of amides is 1. The summed E-state index contributed by atoms with van der Waals surface area (Å²) in [6.07, 6.45) is 4.12. The van der Waals surface area contributed by atoms with Gasteiger partial charge in [0.05, 0.1) is 7.11 Å². The highest BCUT2D eigenvalue weighted by molar-refractivity contribution is 6.00. The molecule has 136 valence electrons. The summed E-state index contributed by atoms with van der Waals surface area (Å²) in [4.78, 5) is 24.7. The first-order chi connectivity index (χ1) is 13.2. The van der Waals surface area contributed by atoms with Crippen LogP contribution in [0.3, 0.4) is 0 Å². The van der Waals surface area contributed by atoms with Crippen molar-refractivity contribution in [2.75, 3.05) is 7.11 Å². The quantitative estimate of drug-likeness (QED) is 0.671. The van der Waals surface area contributed by atoms with Crippen molar-refractivity contribution >= 4 is 28.7 Å². The molecular weight excluding hydrogens is 338 g/mol. The van der Waals surface area contributed by atoms with Crippen LogP contribution in [0.15, 0.2) is 78.9 Å². The predicted molar refractivity (Wildman–Crippen MR) is 107 cm³/mol. The van der Waals surface area contributed by atoms with E-state index in [9.17, 15) is 9.59 Å². The Labute approximate surface area is 158 Å². The van der Waals surface area contributed by atoms with Gasteiger partial charge in [-0.3, -0.25) is 4.79 Å². The second-order valence-corrected chi connectivity index (χ2v) is 6.16. The van der Waals surface area contributed by atoms with Gasteiger partial charge in [-0.1, -0.05) is 72.8 Å². The lowest BCUT2D eigenvalue weighted by Gasteiger charge is -2.15. The Balaban J connectivity index is 1.71. The summed E-state index contributed by atoms with van der Waals surface area (Å²) >= 11 is 0. The summed E-state index contributed by atoms with van der Waals surface area (Å²) < 4.78 is 4.83. The van der Waals surface area contributed by atoms with Crippen molar-refractivity contribution in [3.63, 3.8) is 0 Å². The van der Waals surface area contributed by atoms with E-state index < -0.39 is 12.0 Å². The van der Waals surface area contributed by atoms with Gasteiger partial charge in [-0.2, -0.15) is 0 Å². The zero-order chi connectivity index (χ0) is 19.1. The van der Waals surface area contributed by atoms with E-state index in [0.29, 0.717) is 12.0 Å². The van der Waals surface area contributed by atoms with Gasteiger partial charge in [0.25, 0.3) is 5.91 Å². The molecule has 0 fully saturated rings. The number of hydrogen-bond donors (Lipinski definition) is 1. The number of carbonyl (C=O) groups is 2. The monoisotopic (exact) mass is 359 g/mol. The molecule has 3 rings (SSSR count). The van der Waals surface area contributed by atoms with Crippen molar-refractivity contribution in [3.05, 3.63) is 90.0 Å². The number of hydrogen-bond acceptors (Lipinski definition) is 3. The SMILES string of the molecule is COC(=O)[C@H](C/C=C/c1ccccc1)NC(=O)c1ccc2ccccc2c1. The van der Waals surface area contributed by atoms with E-state index in [-0.39, 0.29) is 5.91 Å². The van der Waals surface area contributed by atoms with Crippen LogP contribution in [0.1, 0.15) is 22.3 Å². The molecule has 0 aliphatic heterocycles. The molecule has 0 radical (unpaired) electrons. The Morgan fingerprint density at radius 3 is 2.41 bits per heavy atom. The Bertz CT molecular complexity index is 964. The normalized spacial score (nSPS) is 12.0. The molecule has 1 amide bonds. The van der Waals surface area contributed by atoms with Crippen molar-refractivity contribution in [2.45, 2.75) is 12.5 Å². The highest BCUT2D eigenvalue weighted by Crippen LogP contribution is 2.16. The maximum absolute atomic E-state index is 12.6. The smallest absolute Gasteiger partial charge is 0.328 e. The molecule has 3 aromatic rings. The number of benzene rings is 3. The van der Waals surface area contributed by atoms with Gasteiger partial charge in [-0.25, -0.2) is 4.79 Å². The third-order valence-electron chi connectivity index (χ3n) is 4.28. The molecule has 3 aromatic carbocycles. The van der Waals surface area contributed by atoms with Crippen LogP contribution >= 0.6 is 0 Å². The molecule has 0 saturated carbocycles. The van der Waals surface area contributed by atoms with E-state index in [2.05, 4.69) is 5.32 Å². The second-order valence-electron chi connectivity index (χ2n) is 6.16. The van der Waals surface area contributed by atoms with Gasteiger partial charge in [-0.05, 0) is 34.9 Å². The van der Waals surface area contributed by atoms with Crippen LogP contribution < -0.4 is 5.32 Å². The molecule has 0 aromatic heterocycles. The molecule has 0 bridgehead atoms. The first-order valence-electron chi connectivity index (χ1n) is 8.76. The standard InChI is InChI=1S/C23H21NO3/c1-27-23(26)21(13-7-10-17-8-3-2-4-9-17)24-22(25)20-15-14-18-11-5-6-12-19(18)16-20/h2-12,14-16,21H,13H2,1H3,(H,24,25)/b10-7+/t21-/m0/s1. The van der Waals surface area contributed by atoms with E-state index in [1.165, 1.54) is 7.11 Å². The molecule has 0 aliphatic rings. The lowest BCUT2D eigenvalue weighted by atomic mass is 10.1. The zero-order valence-corrected chi connectivity index (χ0v) is 15.1. The van der Waals surface area contributed by atoms with Crippen molar-refractivity contribution in [2.24, 2.45) is 0 Å². The molecule has 0 spiro atoms. The molecule has 1 atom stereocenters. The number of rotatable bonds is 6. The van der Waals surface area contributed by atoms with E-state index in [0.717, 1.165) is 16.3 Å². The molecular formula is C23H21NO3. The maximum atomic E-state index is 12.6. The summed E-state index contributed by atoms with van der Waals surface area (Å²) in [6.45, 7) is 0. The van der Waals surface area contributed by atoms with Gasteiger partial charge >= 0.3 is 5.97 Å². The minimum Gasteiger partial charge on any atom is -0.467 e. The van der Waals surface area contributed by atoms with Crippen LogP contribution in [0.2, 0.25) is 0 Å². The topological polar surface area (TPSA) is 55.4 Å². The summed E-state index contributed by atoms with van der Waals surface area (Å²) in [7, 11) is 1.32. The minimum atomic E-state index is -0.742. The summed E-state index contributed by atoms with van der Waals surface area (Å²) in [5.74, 6) is -0.772. The Hall–Kier alpha value is -3.40. The van der Waals surface area contributed by atoms with Gasteiger partial charge in [-0.15, -0.1) is 0 Å². The van der Waals surface area contributed by atoms with E-state index >= 15 is 0 Å². The number of fused-ring (bicyclic) bond motifs is 1. The maximum Gasteiger partial charge on any atom is 0.328 e. The first-order valence-corrected chi connectivity index (χ1v) is 8.76. The van der Waals surface area contributed by atoms with Crippen molar-refractivity contribution in [1.82, 2.24) is 5.32 Å². The second kappa shape index (κ2) is 8.81. The van der Waals surface area contributed by atoms with Crippen molar-refractivity contribution in [3.8, 4) is 0 Å². The van der Waals surface area contributed by atoms with Crippen LogP contribution in [-0.2, 0) is 9.53 Å². The van der Waals surface area contributed by atoms with Gasteiger partial charge in [0.1, 0.15) is 6.04 Å². The highest BCUT2D eigenvalue weighted by Gasteiger charge is 2.21. The van der Waals surface area contributed by atoms with Gasteiger partial charge < -0.3 is 10.1 Å². The fourth-order valence-electron chi connectivity index (χ4n) is 2.83. The fraction of sp³-hybridized carbons (Fsp3) is 0.130. The lowest BCUT2D eigenvalue weighted by molar-refractivity contribution is -0.142. The van der Waals surface area contributed by atoms with Gasteiger partial charge in [0, 0.05) is 5.56 Å². The minimum absolute atomic E-state index is 0.302. The Kier molecular flexibility index (Phi) is 6.00. The van der Waals surface area contributed by atoms with Gasteiger partial charge in [0.2, 0.25) is 0 Å².